The lowest BCUT2D eigenvalue weighted by atomic mass is 9.89. The Labute approximate surface area is 88.1 Å². The highest BCUT2D eigenvalue weighted by atomic mass is 16.7. The molecule has 0 bridgehead atoms. The van der Waals surface area contributed by atoms with Crippen molar-refractivity contribution in [1.82, 2.24) is 0 Å². The van der Waals surface area contributed by atoms with Gasteiger partial charge in [-0.15, -0.1) is 0 Å². The molecule has 90 valence electrons. The molecule has 0 aromatic rings. The zero-order valence-electron chi connectivity index (χ0n) is 8.61. The van der Waals surface area contributed by atoms with E-state index in [0.29, 0.717) is 0 Å². The molecule has 1 fully saturated rings. The van der Waals surface area contributed by atoms with Crippen molar-refractivity contribution >= 4 is 0 Å². The van der Waals surface area contributed by atoms with Crippen LogP contribution >= 0.6 is 0 Å². The van der Waals surface area contributed by atoms with Crippen LogP contribution in [0.1, 0.15) is 6.42 Å². The molecule has 0 radical (unpaired) electrons. The summed E-state index contributed by atoms with van der Waals surface area (Å²) < 4.78 is 10.2. The molecular formula is C9H18O6. The molecule has 1 heterocycles. The van der Waals surface area contributed by atoms with Crippen LogP contribution in [0, 0.1) is 5.92 Å². The van der Waals surface area contributed by atoms with Crippen LogP contribution in [0.2, 0.25) is 0 Å². The smallest absolute Gasteiger partial charge is 0.163 e. The molecule has 15 heavy (non-hydrogen) atoms. The van der Waals surface area contributed by atoms with Crippen molar-refractivity contribution in [2.24, 2.45) is 5.92 Å². The maximum absolute atomic E-state index is 9.74. The Morgan fingerprint density at radius 2 is 1.87 bits per heavy atom. The molecule has 1 rings (SSSR count). The van der Waals surface area contributed by atoms with Crippen LogP contribution in [0.3, 0.4) is 0 Å². The van der Waals surface area contributed by atoms with Crippen LogP contribution in [0.4, 0.5) is 0 Å². The summed E-state index contributed by atoms with van der Waals surface area (Å²) in [5.41, 5.74) is 0. The Hall–Kier alpha value is -0.240. The molecule has 4 N–H and O–H groups in total. The molecule has 0 aliphatic carbocycles. The Bertz CT molecular complexity index is 185. The second-order valence-corrected chi connectivity index (χ2v) is 3.62. The van der Waals surface area contributed by atoms with E-state index in [1.807, 2.05) is 0 Å². The summed E-state index contributed by atoms with van der Waals surface area (Å²) in [6, 6.07) is 0. The third-order valence-corrected chi connectivity index (χ3v) is 2.70. The van der Waals surface area contributed by atoms with Crippen LogP contribution < -0.4 is 0 Å². The molecule has 0 aromatic heterocycles. The lowest BCUT2D eigenvalue weighted by Gasteiger charge is -2.41. The van der Waals surface area contributed by atoms with E-state index in [0.717, 1.165) is 0 Å². The van der Waals surface area contributed by atoms with Gasteiger partial charge in [-0.1, -0.05) is 0 Å². The van der Waals surface area contributed by atoms with Crippen molar-refractivity contribution in [3.8, 4) is 0 Å². The summed E-state index contributed by atoms with van der Waals surface area (Å²) in [5, 5.41) is 37.0. The summed E-state index contributed by atoms with van der Waals surface area (Å²) in [6.07, 6.45) is -3.51. The minimum absolute atomic E-state index is 0.124. The van der Waals surface area contributed by atoms with Gasteiger partial charge < -0.3 is 29.9 Å². The van der Waals surface area contributed by atoms with Crippen molar-refractivity contribution in [1.29, 1.82) is 0 Å². The van der Waals surface area contributed by atoms with Gasteiger partial charge in [0.05, 0.1) is 12.7 Å². The summed E-state index contributed by atoms with van der Waals surface area (Å²) in [4.78, 5) is 0. The second-order valence-electron chi connectivity index (χ2n) is 3.62. The summed E-state index contributed by atoms with van der Waals surface area (Å²) in [7, 11) is 1.41. The van der Waals surface area contributed by atoms with Crippen LogP contribution in [0.15, 0.2) is 0 Å². The Kier molecular flexibility index (Phi) is 4.91. The van der Waals surface area contributed by atoms with E-state index in [9.17, 15) is 10.2 Å². The van der Waals surface area contributed by atoms with Crippen LogP contribution in [0.5, 0.6) is 0 Å². The van der Waals surface area contributed by atoms with Crippen molar-refractivity contribution in [2.45, 2.75) is 31.0 Å². The minimum atomic E-state index is -1.15. The lowest BCUT2D eigenvalue weighted by Crippen LogP contribution is -2.56. The van der Waals surface area contributed by atoms with Crippen molar-refractivity contribution in [3.05, 3.63) is 0 Å². The first kappa shape index (κ1) is 12.8. The average Bonchev–Trinajstić information content (AvgIpc) is 2.25. The Morgan fingerprint density at radius 1 is 1.20 bits per heavy atom. The molecule has 0 unspecified atom stereocenters. The third kappa shape index (κ3) is 2.66. The minimum Gasteiger partial charge on any atom is -0.396 e. The summed E-state index contributed by atoms with van der Waals surface area (Å²) >= 11 is 0. The van der Waals surface area contributed by atoms with E-state index in [1.54, 1.807) is 0 Å². The number of hydrogen-bond acceptors (Lipinski definition) is 6. The number of rotatable bonds is 4. The SMILES string of the molecule is CO[C@H]1O[C@H](CO)[C@@H](O)[C@H](O)[C@@H]1CCO. The molecule has 0 amide bonds. The number of methoxy groups -OCH3 is 1. The van der Waals surface area contributed by atoms with E-state index in [2.05, 4.69) is 0 Å². The molecule has 5 atom stereocenters. The Balaban J connectivity index is 2.70. The molecule has 0 aromatic carbocycles. The average molecular weight is 222 g/mol. The molecule has 6 nitrogen and oxygen atoms in total. The van der Waals surface area contributed by atoms with Gasteiger partial charge in [-0.25, -0.2) is 0 Å². The molecule has 6 heteroatoms. The predicted molar refractivity (Wildman–Crippen MR) is 50.0 cm³/mol. The van der Waals surface area contributed by atoms with Gasteiger partial charge in [-0.2, -0.15) is 0 Å². The van der Waals surface area contributed by atoms with Crippen LogP contribution in [-0.4, -0.2) is 65.4 Å². The van der Waals surface area contributed by atoms with Gasteiger partial charge in [0.15, 0.2) is 6.29 Å². The number of aliphatic hydroxyl groups excluding tert-OH is 4. The molecule has 0 saturated carbocycles. The first-order chi connectivity index (χ1) is 7.15. The van der Waals surface area contributed by atoms with Gasteiger partial charge in [0, 0.05) is 19.6 Å². The van der Waals surface area contributed by atoms with Crippen LogP contribution in [0.25, 0.3) is 0 Å². The van der Waals surface area contributed by atoms with Gasteiger partial charge in [0.1, 0.15) is 12.2 Å². The van der Waals surface area contributed by atoms with E-state index in [1.165, 1.54) is 7.11 Å². The number of hydrogen-bond donors (Lipinski definition) is 4. The fourth-order valence-electron chi connectivity index (χ4n) is 1.83. The maximum atomic E-state index is 9.74. The molecule has 1 aliphatic heterocycles. The van der Waals surface area contributed by atoms with E-state index in [-0.39, 0.29) is 19.6 Å². The quantitative estimate of drug-likeness (QED) is 0.442. The second kappa shape index (κ2) is 5.74. The Morgan fingerprint density at radius 3 is 2.33 bits per heavy atom. The lowest BCUT2D eigenvalue weighted by molar-refractivity contribution is -0.280. The molecular weight excluding hydrogens is 204 g/mol. The van der Waals surface area contributed by atoms with Gasteiger partial charge in [-0.3, -0.25) is 0 Å². The molecule has 1 aliphatic rings. The van der Waals surface area contributed by atoms with E-state index >= 15 is 0 Å². The largest absolute Gasteiger partial charge is 0.396 e. The number of ether oxygens (including phenoxy) is 2. The van der Waals surface area contributed by atoms with Gasteiger partial charge >= 0.3 is 0 Å². The molecule has 1 saturated heterocycles. The van der Waals surface area contributed by atoms with Crippen molar-refractivity contribution in [3.63, 3.8) is 0 Å². The molecule has 0 spiro atoms. The normalized spacial score (nSPS) is 41.8. The fraction of sp³-hybridized carbons (Fsp3) is 1.00. The van der Waals surface area contributed by atoms with Crippen LogP contribution in [-0.2, 0) is 9.47 Å². The standard InChI is InChI=1S/C9H18O6/c1-14-9-5(2-3-10)7(12)8(13)6(4-11)15-9/h5-13H,2-4H2,1H3/t5-,6+,7+,8+,9-/m0/s1. The highest BCUT2D eigenvalue weighted by Crippen LogP contribution is 2.28. The summed E-state index contributed by atoms with van der Waals surface area (Å²) in [5.74, 6) is -0.488. The predicted octanol–water partition coefficient (Wildman–Crippen LogP) is -1.93. The summed E-state index contributed by atoms with van der Waals surface area (Å²) in [6.45, 7) is -0.509. The number of aliphatic hydroxyl groups is 4. The maximum Gasteiger partial charge on any atom is 0.163 e. The topological polar surface area (TPSA) is 99.4 Å². The van der Waals surface area contributed by atoms with E-state index < -0.39 is 30.5 Å². The first-order valence-corrected chi connectivity index (χ1v) is 4.91. The monoisotopic (exact) mass is 222 g/mol. The van der Waals surface area contributed by atoms with Gasteiger partial charge in [0.25, 0.3) is 0 Å². The highest BCUT2D eigenvalue weighted by Gasteiger charge is 2.43. The van der Waals surface area contributed by atoms with Crippen molar-refractivity contribution < 1.29 is 29.9 Å². The third-order valence-electron chi connectivity index (χ3n) is 2.70. The van der Waals surface area contributed by atoms with Gasteiger partial charge in [0.2, 0.25) is 0 Å². The van der Waals surface area contributed by atoms with E-state index in [4.69, 9.17) is 19.7 Å². The fourth-order valence-corrected chi connectivity index (χ4v) is 1.83. The zero-order chi connectivity index (χ0) is 11.4. The van der Waals surface area contributed by atoms with Gasteiger partial charge in [-0.05, 0) is 6.42 Å². The highest BCUT2D eigenvalue weighted by molar-refractivity contribution is 4.88. The first-order valence-electron chi connectivity index (χ1n) is 4.91. The van der Waals surface area contributed by atoms with Crippen molar-refractivity contribution in [2.75, 3.05) is 20.3 Å². The zero-order valence-corrected chi connectivity index (χ0v) is 8.61.